The molecule has 2 heterocycles. The third-order valence-corrected chi connectivity index (χ3v) is 5.27. The molecule has 2 aromatic heterocycles. The quantitative estimate of drug-likeness (QED) is 0.913. The largest absolute Gasteiger partial charge is 0.332 e. The summed E-state index contributed by atoms with van der Waals surface area (Å²) in [5, 5.41) is 11.1. The highest BCUT2D eigenvalue weighted by Crippen LogP contribution is 2.33. The fourth-order valence-corrected chi connectivity index (χ4v) is 4.11. The number of thiazole rings is 1. The van der Waals surface area contributed by atoms with Crippen molar-refractivity contribution in [1.82, 2.24) is 15.6 Å². The number of hydrogen-bond acceptors (Lipinski definition) is 4. The number of aromatic nitrogens is 1. The van der Waals surface area contributed by atoms with Gasteiger partial charge in [-0.1, -0.05) is 0 Å². The van der Waals surface area contributed by atoms with E-state index < -0.39 is 0 Å². The Hall–Kier alpha value is -1.40. The third kappa shape index (κ3) is 3.02. The zero-order valence-electron chi connectivity index (χ0n) is 11.3. The maximum absolute atomic E-state index is 12.0. The maximum atomic E-state index is 12.0. The molecule has 4 nitrogen and oxygen atoms in total. The van der Waals surface area contributed by atoms with Crippen molar-refractivity contribution in [3.05, 3.63) is 38.0 Å². The summed E-state index contributed by atoms with van der Waals surface area (Å²) >= 11 is 3.39. The standard InChI is InChI=1S/C14H17N3OS2/c1-9-16-10(8-20-9)7-15-14(18)17-12-3-2-4-13-11(12)5-6-19-13/h5-6,8,12H,2-4,7H2,1H3,(H2,15,17,18)/t12-/m1/s1. The minimum atomic E-state index is -0.111. The highest BCUT2D eigenvalue weighted by Gasteiger charge is 2.22. The first-order valence-corrected chi connectivity index (χ1v) is 8.50. The van der Waals surface area contributed by atoms with E-state index in [9.17, 15) is 4.79 Å². The molecule has 2 aromatic rings. The molecule has 20 heavy (non-hydrogen) atoms. The number of carbonyl (C=O) groups excluding carboxylic acids is 1. The molecule has 6 heteroatoms. The molecule has 1 aliphatic rings. The van der Waals surface area contributed by atoms with Crippen LogP contribution in [-0.4, -0.2) is 11.0 Å². The molecular formula is C14H17N3OS2. The van der Waals surface area contributed by atoms with Gasteiger partial charge in [-0.2, -0.15) is 0 Å². The van der Waals surface area contributed by atoms with Crippen LogP contribution in [-0.2, 0) is 13.0 Å². The first-order valence-electron chi connectivity index (χ1n) is 6.74. The Bertz CT molecular complexity index is 605. The van der Waals surface area contributed by atoms with E-state index in [1.54, 1.807) is 22.7 Å². The Balaban J connectivity index is 1.55. The average molecular weight is 307 g/mol. The lowest BCUT2D eigenvalue weighted by atomic mass is 9.94. The molecule has 1 aliphatic carbocycles. The summed E-state index contributed by atoms with van der Waals surface area (Å²) in [5.41, 5.74) is 2.21. The van der Waals surface area contributed by atoms with Gasteiger partial charge in [0, 0.05) is 10.3 Å². The van der Waals surface area contributed by atoms with Gasteiger partial charge in [-0.3, -0.25) is 0 Å². The lowest BCUT2D eigenvalue weighted by Crippen LogP contribution is -2.38. The Morgan fingerprint density at radius 2 is 2.40 bits per heavy atom. The van der Waals surface area contributed by atoms with Gasteiger partial charge in [0.05, 0.1) is 23.3 Å². The van der Waals surface area contributed by atoms with E-state index in [4.69, 9.17) is 0 Å². The number of hydrogen-bond donors (Lipinski definition) is 2. The van der Waals surface area contributed by atoms with Crippen molar-refractivity contribution in [2.75, 3.05) is 0 Å². The second-order valence-electron chi connectivity index (χ2n) is 4.93. The van der Waals surface area contributed by atoms with Crippen molar-refractivity contribution in [2.24, 2.45) is 0 Å². The van der Waals surface area contributed by atoms with Crippen molar-refractivity contribution in [1.29, 1.82) is 0 Å². The van der Waals surface area contributed by atoms with Crippen LogP contribution in [0.4, 0.5) is 4.79 Å². The van der Waals surface area contributed by atoms with E-state index >= 15 is 0 Å². The molecule has 0 radical (unpaired) electrons. The van der Waals surface area contributed by atoms with Crippen LogP contribution >= 0.6 is 22.7 Å². The minimum Gasteiger partial charge on any atom is -0.332 e. The molecule has 0 aliphatic heterocycles. The SMILES string of the molecule is Cc1nc(CNC(=O)N[C@@H]2CCCc3sccc32)cs1. The van der Waals surface area contributed by atoms with E-state index in [0.29, 0.717) is 6.54 Å². The zero-order chi connectivity index (χ0) is 13.9. The number of rotatable bonds is 3. The number of nitrogens with one attached hydrogen (secondary N) is 2. The van der Waals surface area contributed by atoms with E-state index in [2.05, 4.69) is 27.1 Å². The van der Waals surface area contributed by atoms with Gasteiger partial charge >= 0.3 is 6.03 Å². The number of carbonyl (C=O) groups is 1. The van der Waals surface area contributed by atoms with Gasteiger partial charge in [0.1, 0.15) is 0 Å². The van der Waals surface area contributed by atoms with Crippen LogP contribution < -0.4 is 10.6 Å². The van der Waals surface area contributed by atoms with Gasteiger partial charge in [0.15, 0.2) is 0 Å². The summed E-state index contributed by atoms with van der Waals surface area (Å²) in [7, 11) is 0. The Morgan fingerprint density at radius 3 is 3.20 bits per heavy atom. The number of thiophene rings is 1. The van der Waals surface area contributed by atoms with E-state index in [1.807, 2.05) is 12.3 Å². The molecule has 2 N–H and O–H groups in total. The topological polar surface area (TPSA) is 54.0 Å². The zero-order valence-corrected chi connectivity index (χ0v) is 12.9. The highest BCUT2D eigenvalue weighted by molar-refractivity contribution is 7.10. The maximum Gasteiger partial charge on any atom is 0.315 e. The lowest BCUT2D eigenvalue weighted by Gasteiger charge is -2.23. The monoisotopic (exact) mass is 307 g/mol. The number of nitrogens with zero attached hydrogens (tertiary/aromatic N) is 1. The van der Waals surface area contributed by atoms with E-state index in [0.717, 1.165) is 30.0 Å². The number of aryl methyl sites for hydroxylation is 2. The van der Waals surface area contributed by atoms with Crippen molar-refractivity contribution in [2.45, 2.75) is 38.8 Å². The molecule has 0 bridgehead atoms. The smallest absolute Gasteiger partial charge is 0.315 e. The summed E-state index contributed by atoms with van der Waals surface area (Å²) < 4.78 is 0. The van der Waals surface area contributed by atoms with Crippen molar-refractivity contribution >= 4 is 28.7 Å². The summed E-state index contributed by atoms with van der Waals surface area (Å²) in [6.07, 6.45) is 3.31. The summed E-state index contributed by atoms with van der Waals surface area (Å²) in [6, 6.07) is 2.18. The normalized spacial score (nSPS) is 17.6. The van der Waals surface area contributed by atoms with E-state index in [-0.39, 0.29) is 12.1 Å². The van der Waals surface area contributed by atoms with Crippen molar-refractivity contribution < 1.29 is 4.79 Å². The Morgan fingerprint density at radius 1 is 1.50 bits per heavy atom. The van der Waals surface area contributed by atoms with Gasteiger partial charge < -0.3 is 10.6 Å². The first-order chi connectivity index (χ1) is 9.72. The van der Waals surface area contributed by atoms with Crippen LogP contribution in [0, 0.1) is 6.92 Å². The molecule has 0 saturated carbocycles. The van der Waals surface area contributed by atoms with Crippen LogP contribution in [0.3, 0.4) is 0 Å². The molecular weight excluding hydrogens is 290 g/mol. The van der Waals surface area contributed by atoms with Gasteiger partial charge in [-0.05, 0) is 43.2 Å². The summed E-state index contributed by atoms with van der Waals surface area (Å²) in [6.45, 7) is 2.45. The van der Waals surface area contributed by atoms with Gasteiger partial charge in [-0.15, -0.1) is 22.7 Å². The molecule has 106 valence electrons. The first kappa shape index (κ1) is 13.6. The number of fused-ring (bicyclic) bond motifs is 1. The average Bonchev–Trinajstić information content (AvgIpc) is 3.05. The molecule has 0 saturated heterocycles. The molecule has 1 atom stereocenters. The van der Waals surface area contributed by atoms with Gasteiger partial charge in [-0.25, -0.2) is 9.78 Å². The fourth-order valence-electron chi connectivity index (χ4n) is 2.51. The molecule has 0 aromatic carbocycles. The van der Waals surface area contributed by atoms with Crippen LogP contribution in [0.25, 0.3) is 0 Å². The predicted octanol–water partition coefficient (Wildman–Crippen LogP) is 3.39. The summed E-state index contributed by atoms with van der Waals surface area (Å²) in [5.74, 6) is 0. The third-order valence-electron chi connectivity index (χ3n) is 3.45. The molecule has 2 amide bonds. The minimum absolute atomic E-state index is 0.111. The fraction of sp³-hybridized carbons (Fsp3) is 0.429. The molecule has 3 rings (SSSR count). The van der Waals surface area contributed by atoms with Gasteiger partial charge in [0.25, 0.3) is 0 Å². The molecule has 0 unspecified atom stereocenters. The van der Waals surface area contributed by atoms with Crippen molar-refractivity contribution in [3.63, 3.8) is 0 Å². The second kappa shape index (κ2) is 5.93. The lowest BCUT2D eigenvalue weighted by molar-refractivity contribution is 0.235. The van der Waals surface area contributed by atoms with E-state index in [1.165, 1.54) is 10.4 Å². The summed E-state index contributed by atoms with van der Waals surface area (Å²) in [4.78, 5) is 17.7. The van der Waals surface area contributed by atoms with Crippen LogP contribution in [0.2, 0.25) is 0 Å². The van der Waals surface area contributed by atoms with Crippen LogP contribution in [0.1, 0.15) is 40.0 Å². The van der Waals surface area contributed by atoms with Crippen LogP contribution in [0.15, 0.2) is 16.8 Å². The van der Waals surface area contributed by atoms with Gasteiger partial charge in [0.2, 0.25) is 0 Å². The van der Waals surface area contributed by atoms with Crippen molar-refractivity contribution in [3.8, 4) is 0 Å². The predicted molar refractivity (Wildman–Crippen MR) is 82.2 cm³/mol. The number of amides is 2. The highest BCUT2D eigenvalue weighted by atomic mass is 32.1. The Kier molecular flexibility index (Phi) is 4.03. The second-order valence-corrected chi connectivity index (χ2v) is 6.99. The number of urea groups is 1. The van der Waals surface area contributed by atoms with Crippen LogP contribution in [0.5, 0.6) is 0 Å². The molecule has 0 spiro atoms. The molecule has 0 fully saturated rings. The Labute approximate surface area is 126 Å².